The Bertz CT molecular complexity index is 1360. The summed E-state index contributed by atoms with van der Waals surface area (Å²) >= 11 is 0. The third-order valence-electron chi connectivity index (χ3n) is 5.93. The zero-order valence-corrected chi connectivity index (χ0v) is 18.1. The highest BCUT2D eigenvalue weighted by Gasteiger charge is 2.31. The topological polar surface area (TPSA) is 88.7 Å². The minimum atomic E-state index is -3.79. The first kappa shape index (κ1) is 20.5. The zero-order chi connectivity index (χ0) is 22.3. The summed E-state index contributed by atoms with van der Waals surface area (Å²) in [5, 5.41) is 9.42. The van der Waals surface area contributed by atoms with E-state index in [9.17, 15) is 18.3 Å². The van der Waals surface area contributed by atoms with E-state index in [2.05, 4.69) is 4.99 Å². The number of aromatic carboxylic acids is 1. The SMILES string of the molecule is O=C(O)c1ccc(C2CC2)c(S(=O)(=O)Cc2cc(C3=CC=NC3)ccc2-n2cccc2)c1. The highest BCUT2D eigenvalue weighted by molar-refractivity contribution is 7.90. The lowest BCUT2D eigenvalue weighted by molar-refractivity contribution is 0.0696. The van der Waals surface area contributed by atoms with Gasteiger partial charge in [-0.15, -0.1) is 0 Å². The third-order valence-corrected chi connectivity index (χ3v) is 7.65. The van der Waals surface area contributed by atoms with Gasteiger partial charge in [0.15, 0.2) is 9.84 Å². The normalized spacial score (nSPS) is 15.7. The van der Waals surface area contributed by atoms with Crippen molar-refractivity contribution in [3.05, 3.63) is 89.3 Å². The number of carbonyl (C=O) groups is 1. The van der Waals surface area contributed by atoms with Crippen LogP contribution in [0.25, 0.3) is 11.3 Å². The van der Waals surface area contributed by atoms with Gasteiger partial charge in [0.1, 0.15) is 0 Å². The smallest absolute Gasteiger partial charge is 0.335 e. The lowest BCUT2D eigenvalue weighted by atomic mass is 10.0. The molecule has 0 radical (unpaired) electrons. The van der Waals surface area contributed by atoms with Gasteiger partial charge in [0, 0.05) is 24.3 Å². The fourth-order valence-electron chi connectivity index (χ4n) is 4.13. The molecule has 5 rings (SSSR count). The van der Waals surface area contributed by atoms with Crippen LogP contribution >= 0.6 is 0 Å². The maximum atomic E-state index is 13.6. The molecule has 1 fully saturated rings. The molecule has 6 nitrogen and oxygen atoms in total. The predicted octanol–water partition coefficient (Wildman–Crippen LogP) is 4.49. The fourth-order valence-corrected chi connectivity index (χ4v) is 5.83. The number of aromatic nitrogens is 1. The van der Waals surface area contributed by atoms with E-state index in [1.807, 2.05) is 53.4 Å². The Kier molecular flexibility index (Phi) is 5.06. The molecule has 32 heavy (non-hydrogen) atoms. The molecule has 1 aliphatic heterocycles. The number of allylic oxidation sites excluding steroid dienone is 1. The number of nitrogens with zero attached hydrogens (tertiary/aromatic N) is 2. The van der Waals surface area contributed by atoms with Gasteiger partial charge in [-0.2, -0.15) is 0 Å². The molecule has 7 heteroatoms. The van der Waals surface area contributed by atoms with Crippen molar-refractivity contribution in [2.75, 3.05) is 6.54 Å². The molecule has 0 unspecified atom stereocenters. The fraction of sp³-hybridized carbons (Fsp3) is 0.200. The molecule has 0 bridgehead atoms. The minimum absolute atomic E-state index is 0.0133. The van der Waals surface area contributed by atoms with Gasteiger partial charge in [-0.3, -0.25) is 4.99 Å². The van der Waals surface area contributed by atoms with Crippen LogP contribution in [-0.4, -0.2) is 36.8 Å². The summed E-state index contributed by atoms with van der Waals surface area (Å²) < 4.78 is 29.2. The Morgan fingerprint density at radius 1 is 1.09 bits per heavy atom. The summed E-state index contributed by atoms with van der Waals surface area (Å²) in [5.74, 6) is -1.17. The molecule has 162 valence electrons. The van der Waals surface area contributed by atoms with E-state index in [0.717, 1.165) is 35.2 Å². The molecule has 1 aliphatic carbocycles. The first-order chi connectivity index (χ1) is 15.4. The van der Waals surface area contributed by atoms with Crippen LogP contribution in [0.2, 0.25) is 0 Å². The zero-order valence-electron chi connectivity index (χ0n) is 17.3. The summed E-state index contributed by atoms with van der Waals surface area (Å²) in [4.78, 5) is 15.9. The highest BCUT2D eigenvalue weighted by atomic mass is 32.2. The van der Waals surface area contributed by atoms with Gasteiger partial charge in [-0.25, -0.2) is 13.2 Å². The van der Waals surface area contributed by atoms with E-state index in [0.29, 0.717) is 12.1 Å². The molecular weight excluding hydrogens is 424 g/mol. The van der Waals surface area contributed by atoms with E-state index in [1.165, 1.54) is 12.1 Å². The molecule has 1 saturated carbocycles. The monoisotopic (exact) mass is 446 g/mol. The van der Waals surface area contributed by atoms with Crippen LogP contribution in [0.15, 0.2) is 76.9 Å². The highest BCUT2D eigenvalue weighted by Crippen LogP contribution is 2.43. The van der Waals surface area contributed by atoms with Gasteiger partial charge in [0.2, 0.25) is 0 Å². The molecule has 0 saturated heterocycles. The number of benzene rings is 2. The molecule has 0 amide bonds. The standard InChI is InChI=1S/C25H22N2O4S/c28-25(29)19-5-7-22(17-3-4-17)24(14-19)32(30,31)16-21-13-18(20-9-10-26-15-20)6-8-23(21)27-11-1-2-12-27/h1-2,5-14,17H,3-4,15-16H2,(H,28,29). The molecule has 3 aromatic rings. The average Bonchev–Trinajstić information content (AvgIpc) is 3.23. The Morgan fingerprint density at radius 2 is 1.88 bits per heavy atom. The van der Waals surface area contributed by atoms with Crippen LogP contribution in [0, 0.1) is 0 Å². The number of hydrogen-bond donors (Lipinski definition) is 1. The average molecular weight is 447 g/mol. The molecule has 2 aliphatic rings. The Labute approximate surface area is 186 Å². The van der Waals surface area contributed by atoms with Gasteiger partial charge >= 0.3 is 5.97 Å². The van der Waals surface area contributed by atoms with Crippen LogP contribution in [0.1, 0.15) is 45.8 Å². The number of aliphatic imine (C=N–C) groups is 1. The summed E-state index contributed by atoms with van der Waals surface area (Å²) in [6.07, 6.45) is 9.29. The molecule has 2 heterocycles. The molecule has 2 aromatic carbocycles. The molecular formula is C25H22N2O4S. The van der Waals surface area contributed by atoms with Gasteiger partial charge in [0.25, 0.3) is 0 Å². The molecule has 0 spiro atoms. The van der Waals surface area contributed by atoms with E-state index in [1.54, 1.807) is 12.3 Å². The van der Waals surface area contributed by atoms with Gasteiger partial charge < -0.3 is 9.67 Å². The van der Waals surface area contributed by atoms with Crippen molar-refractivity contribution < 1.29 is 18.3 Å². The van der Waals surface area contributed by atoms with E-state index in [4.69, 9.17) is 0 Å². The van der Waals surface area contributed by atoms with Crippen molar-refractivity contribution in [1.29, 1.82) is 0 Å². The summed E-state index contributed by atoms with van der Waals surface area (Å²) in [6.45, 7) is 0.571. The molecule has 1 aromatic heterocycles. The number of sulfone groups is 1. The number of rotatable bonds is 7. The van der Waals surface area contributed by atoms with Crippen LogP contribution in [0.4, 0.5) is 0 Å². The van der Waals surface area contributed by atoms with E-state index >= 15 is 0 Å². The van der Waals surface area contributed by atoms with Crippen LogP contribution in [0.5, 0.6) is 0 Å². The van der Waals surface area contributed by atoms with Crippen LogP contribution in [0.3, 0.4) is 0 Å². The number of hydrogen-bond acceptors (Lipinski definition) is 4. The van der Waals surface area contributed by atoms with Crippen molar-refractivity contribution in [1.82, 2.24) is 4.57 Å². The minimum Gasteiger partial charge on any atom is -0.478 e. The lowest BCUT2D eigenvalue weighted by Gasteiger charge is -2.16. The Hall–Kier alpha value is -3.45. The maximum Gasteiger partial charge on any atom is 0.335 e. The van der Waals surface area contributed by atoms with E-state index < -0.39 is 15.8 Å². The van der Waals surface area contributed by atoms with Crippen LogP contribution in [-0.2, 0) is 15.6 Å². The number of carboxylic acid groups (broad SMARTS) is 1. The second-order valence-electron chi connectivity index (χ2n) is 8.21. The molecule has 0 atom stereocenters. The second kappa shape index (κ2) is 7.91. The van der Waals surface area contributed by atoms with Crippen molar-refractivity contribution in [2.24, 2.45) is 4.99 Å². The lowest BCUT2D eigenvalue weighted by Crippen LogP contribution is -2.12. The quantitative estimate of drug-likeness (QED) is 0.579. The maximum absolute atomic E-state index is 13.6. The predicted molar refractivity (Wildman–Crippen MR) is 123 cm³/mol. The van der Waals surface area contributed by atoms with Crippen LogP contribution < -0.4 is 0 Å². The van der Waals surface area contributed by atoms with Gasteiger partial charge in [-0.1, -0.05) is 12.1 Å². The van der Waals surface area contributed by atoms with Crippen molar-refractivity contribution >= 4 is 27.6 Å². The summed E-state index contributed by atoms with van der Waals surface area (Å²) in [7, 11) is -3.79. The first-order valence-corrected chi connectivity index (χ1v) is 12.1. The summed E-state index contributed by atoms with van der Waals surface area (Å²) in [5.41, 5.74) is 4.12. The number of carboxylic acids is 1. The Morgan fingerprint density at radius 3 is 2.53 bits per heavy atom. The second-order valence-corrected chi connectivity index (χ2v) is 10.2. The van der Waals surface area contributed by atoms with E-state index in [-0.39, 0.29) is 22.1 Å². The summed E-state index contributed by atoms with van der Waals surface area (Å²) in [6, 6.07) is 14.1. The van der Waals surface area contributed by atoms with Crippen molar-refractivity contribution in [3.8, 4) is 5.69 Å². The van der Waals surface area contributed by atoms with Crippen molar-refractivity contribution in [3.63, 3.8) is 0 Å². The Balaban J connectivity index is 1.60. The largest absolute Gasteiger partial charge is 0.478 e. The third kappa shape index (κ3) is 3.91. The van der Waals surface area contributed by atoms with Gasteiger partial charge in [0.05, 0.1) is 22.8 Å². The van der Waals surface area contributed by atoms with Gasteiger partial charge in [-0.05, 0) is 83.5 Å². The first-order valence-electron chi connectivity index (χ1n) is 10.5. The molecule has 1 N–H and O–H groups in total. The van der Waals surface area contributed by atoms with Crippen molar-refractivity contribution in [2.45, 2.75) is 29.4 Å².